The molecule has 8 heteroatoms. The smallest absolute Gasteiger partial charge is 0.420 e. The first-order valence-corrected chi connectivity index (χ1v) is 8.44. The van der Waals surface area contributed by atoms with Crippen LogP contribution in [0.25, 0.3) is 0 Å². The molecule has 0 aliphatic heterocycles. The second-order valence-corrected chi connectivity index (χ2v) is 5.94. The standard InChI is InChI=1S/C21H18F3NO4/c1-26-13-3-7-15(8-4-13)28-19-12-20(18(25)11-17(19)21(22,23)24)29-16-9-5-14(27-2)6-10-16/h3-12H,25H2,1-2H3. The summed E-state index contributed by atoms with van der Waals surface area (Å²) in [5.41, 5.74) is 4.62. The SMILES string of the molecule is COc1ccc(Oc2cc(Oc3ccc(OC)cc3)c(C(F)(F)F)cc2N)cc1. The zero-order valence-corrected chi connectivity index (χ0v) is 15.6. The second kappa shape index (κ2) is 8.22. The highest BCUT2D eigenvalue weighted by Crippen LogP contribution is 2.43. The Labute approximate surface area is 165 Å². The summed E-state index contributed by atoms with van der Waals surface area (Å²) in [4.78, 5) is 0. The van der Waals surface area contributed by atoms with Crippen LogP contribution in [0.3, 0.4) is 0 Å². The van der Waals surface area contributed by atoms with Gasteiger partial charge >= 0.3 is 6.18 Å². The third kappa shape index (κ3) is 4.84. The molecule has 0 amide bonds. The highest BCUT2D eigenvalue weighted by Gasteiger charge is 2.36. The topological polar surface area (TPSA) is 62.9 Å². The van der Waals surface area contributed by atoms with E-state index in [4.69, 9.17) is 24.7 Å². The summed E-state index contributed by atoms with van der Waals surface area (Å²) in [6, 6.07) is 14.6. The molecule has 0 aliphatic carbocycles. The molecule has 0 aromatic heterocycles. The van der Waals surface area contributed by atoms with E-state index in [1.807, 2.05) is 0 Å². The molecule has 0 spiro atoms. The zero-order chi connectivity index (χ0) is 21.0. The van der Waals surface area contributed by atoms with Gasteiger partial charge in [0.15, 0.2) is 5.75 Å². The fourth-order valence-electron chi connectivity index (χ4n) is 2.51. The van der Waals surface area contributed by atoms with Gasteiger partial charge in [0.1, 0.15) is 34.3 Å². The van der Waals surface area contributed by atoms with Crippen LogP contribution < -0.4 is 24.7 Å². The first kappa shape index (κ1) is 20.2. The number of methoxy groups -OCH3 is 2. The maximum absolute atomic E-state index is 13.5. The lowest BCUT2D eigenvalue weighted by Crippen LogP contribution is -2.09. The Morgan fingerprint density at radius 2 is 1.07 bits per heavy atom. The molecule has 0 unspecified atom stereocenters. The third-order valence-corrected chi connectivity index (χ3v) is 3.99. The van der Waals surface area contributed by atoms with Crippen LogP contribution in [0.15, 0.2) is 60.7 Å². The van der Waals surface area contributed by atoms with E-state index in [1.54, 1.807) is 36.4 Å². The third-order valence-electron chi connectivity index (χ3n) is 3.99. The Hall–Kier alpha value is -3.55. The van der Waals surface area contributed by atoms with Crippen LogP contribution in [0.4, 0.5) is 18.9 Å². The molecule has 3 rings (SSSR count). The molecular formula is C21H18F3NO4. The van der Waals surface area contributed by atoms with Crippen molar-refractivity contribution in [1.82, 2.24) is 0 Å². The first-order chi connectivity index (χ1) is 13.8. The van der Waals surface area contributed by atoms with Crippen molar-refractivity contribution in [3.05, 3.63) is 66.2 Å². The van der Waals surface area contributed by atoms with Crippen molar-refractivity contribution in [2.24, 2.45) is 0 Å². The molecule has 0 fully saturated rings. The van der Waals surface area contributed by atoms with E-state index < -0.39 is 17.5 Å². The molecule has 0 atom stereocenters. The minimum absolute atomic E-state index is 0.0340. The van der Waals surface area contributed by atoms with Gasteiger partial charge in [-0.2, -0.15) is 13.2 Å². The molecule has 0 heterocycles. The van der Waals surface area contributed by atoms with Crippen LogP contribution >= 0.6 is 0 Å². The highest BCUT2D eigenvalue weighted by molar-refractivity contribution is 5.61. The van der Waals surface area contributed by atoms with Crippen LogP contribution in [-0.4, -0.2) is 14.2 Å². The summed E-state index contributed by atoms with van der Waals surface area (Å²) in [7, 11) is 3.01. The molecule has 2 N–H and O–H groups in total. The van der Waals surface area contributed by atoms with E-state index >= 15 is 0 Å². The normalized spacial score (nSPS) is 11.1. The van der Waals surface area contributed by atoms with Crippen molar-refractivity contribution < 1.29 is 32.1 Å². The Bertz CT molecular complexity index is 971. The number of hydrogen-bond donors (Lipinski definition) is 1. The Morgan fingerprint density at radius 1 is 0.655 bits per heavy atom. The molecule has 29 heavy (non-hydrogen) atoms. The summed E-state index contributed by atoms with van der Waals surface area (Å²) in [5.74, 6) is 1.35. The summed E-state index contributed by atoms with van der Waals surface area (Å²) in [6.07, 6.45) is -4.66. The predicted octanol–water partition coefficient (Wildman–Crippen LogP) is 5.89. The molecule has 0 radical (unpaired) electrons. The number of rotatable bonds is 6. The van der Waals surface area contributed by atoms with Gasteiger partial charge in [0, 0.05) is 6.07 Å². The number of halogens is 3. The van der Waals surface area contributed by atoms with E-state index in [1.165, 1.54) is 26.4 Å². The van der Waals surface area contributed by atoms with Gasteiger partial charge in [-0.25, -0.2) is 0 Å². The van der Waals surface area contributed by atoms with Gasteiger partial charge in [-0.1, -0.05) is 0 Å². The Morgan fingerprint density at radius 3 is 1.48 bits per heavy atom. The molecule has 0 saturated carbocycles. The number of nitrogens with two attached hydrogens (primary N) is 1. The van der Waals surface area contributed by atoms with E-state index in [-0.39, 0.29) is 17.2 Å². The molecular weight excluding hydrogens is 387 g/mol. The number of benzene rings is 3. The largest absolute Gasteiger partial charge is 0.497 e. The van der Waals surface area contributed by atoms with Crippen LogP contribution in [-0.2, 0) is 6.18 Å². The lowest BCUT2D eigenvalue weighted by molar-refractivity contribution is -0.138. The minimum Gasteiger partial charge on any atom is -0.497 e. The average molecular weight is 405 g/mol. The first-order valence-electron chi connectivity index (χ1n) is 8.44. The Kier molecular flexibility index (Phi) is 5.72. The second-order valence-electron chi connectivity index (χ2n) is 5.94. The van der Waals surface area contributed by atoms with Gasteiger partial charge in [0.2, 0.25) is 0 Å². The lowest BCUT2D eigenvalue weighted by Gasteiger charge is -2.17. The quantitative estimate of drug-likeness (QED) is 0.518. The maximum Gasteiger partial charge on any atom is 0.420 e. The van der Waals surface area contributed by atoms with Crippen molar-refractivity contribution in [2.75, 3.05) is 20.0 Å². The van der Waals surface area contributed by atoms with Gasteiger partial charge < -0.3 is 24.7 Å². The van der Waals surface area contributed by atoms with Gasteiger partial charge in [0.25, 0.3) is 0 Å². The van der Waals surface area contributed by atoms with E-state index in [2.05, 4.69) is 0 Å². The molecule has 5 nitrogen and oxygen atoms in total. The van der Waals surface area contributed by atoms with Crippen molar-refractivity contribution in [3.8, 4) is 34.5 Å². The van der Waals surface area contributed by atoms with E-state index in [0.717, 1.165) is 12.1 Å². The Balaban J connectivity index is 1.96. The van der Waals surface area contributed by atoms with Crippen LogP contribution in [0, 0.1) is 0 Å². The molecule has 0 aliphatic rings. The molecule has 3 aromatic carbocycles. The molecule has 0 saturated heterocycles. The number of nitrogen functional groups attached to an aromatic ring is 1. The maximum atomic E-state index is 13.5. The van der Waals surface area contributed by atoms with Crippen molar-refractivity contribution in [1.29, 1.82) is 0 Å². The van der Waals surface area contributed by atoms with Crippen LogP contribution in [0.2, 0.25) is 0 Å². The van der Waals surface area contributed by atoms with Crippen molar-refractivity contribution in [2.45, 2.75) is 6.18 Å². The van der Waals surface area contributed by atoms with Gasteiger partial charge in [-0.3, -0.25) is 0 Å². The van der Waals surface area contributed by atoms with Crippen molar-refractivity contribution in [3.63, 3.8) is 0 Å². The minimum atomic E-state index is -4.66. The average Bonchev–Trinajstić information content (AvgIpc) is 2.70. The number of anilines is 1. The number of ether oxygens (including phenoxy) is 4. The summed E-state index contributed by atoms with van der Waals surface area (Å²) in [6.45, 7) is 0. The van der Waals surface area contributed by atoms with E-state index in [9.17, 15) is 13.2 Å². The summed E-state index contributed by atoms with van der Waals surface area (Å²) >= 11 is 0. The van der Waals surface area contributed by atoms with Gasteiger partial charge in [-0.05, 0) is 54.6 Å². The number of alkyl halides is 3. The van der Waals surface area contributed by atoms with E-state index in [0.29, 0.717) is 17.2 Å². The zero-order valence-electron chi connectivity index (χ0n) is 15.6. The summed E-state index contributed by atoms with van der Waals surface area (Å²) in [5, 5.41) is 0. The van der Waals surface area contributed by atoms with Crippen LogP contribution in [0.5, 0.6) is 34.5 Å². The van der Waals surface area contributed by atoms with Crippen LogP contribution in [0.1, 0.15) is 5.56 Å². The fourth-order valence-corrected chi connectivity index (χ4v) is 2.51. The lowest BCUT2D eigenvalue weighted by atomic mass is 10.1. The number of hydrogen-bond acceptors (Lipinski definition) is 5. The predicted molar refractivity (Wildman–Crippen MR) is 102 cm³/mol. The summed E-state index contributed by atoms with van der Waals surface area (Å²) < 4.78 is 61.7. The molecule has 3 aromatic rings. The fraction of sp³-hybridized carbons (Fsp3) is 0.143. The monoisotopic (exact) mass is 405 g/mol. The van der Waals surface area contributed by atoms with Gasteiger partial charge in [0.05, 0.1) is 19.9 Å². The van der Waals surface area contributed by atoms with Gasteiger partial charge in [-0.15, -0.1) is 0 Å². The van der Waals surface area contributed by atoms with Crippen molar-refractivity contribution >= 4 is 5.69 Å². The highest BCUT2D eigenvalue weighted by atomic mass is 19.4. The molecule has 0 bridgehead atoms. The molecule has 152 valence electrons.